The molecule has 1 aromatic heterocycles. The summed E-state index contributed by atoms with van der Waals surface area (Å²) in [4.78, 5) is 4.10. The van der Waals surface area contributed by atoms with Gasteiger partial charge >= 0.3 is 0 Å². The molecule has 2 nitrogen and oxygen atoms in total. The minimum absolute atomic E-state index is 0.837. The number of hydrogen-bond donors (Lipinski definition) is 1. The number of nitrogens with two attached hydrogens (primary N) is 1. The topological polar surface area (TPSA) is 38.9 Å². The lowest BCUT2D eigenvalue weighted by Crippen LogP contribution is -1.98. The van der Waals surface area contributed by atoms with Crippen LogP contribution in [0.25, 0.3) is 0 Å². The van der Waals surface area contributed by atoms with Crippen LogP contribution >= 0.6 is 0 Å². The summed E-state index contributed by atoms with van der Waals surface area (Å²) in [6.07, 6.45) is 5.55. The quantitative estimate of drug-likeness (QED) is 0.849. The minimum atomic E-state index is 0.837. The molecule has 0 aliphatic heterocycles. The zero-order valence-corrected chi connectivity index (χ0v) is 9.48. The van der Waals surface area contributed by atoms with E-state index in [1.54, 1.807) is 6.20 Å². The first-order valence-corrected chi connectivity index (χ1v) is 5.50. The SMILES string of the molecule is Cc1ccccc1CCc1cnccc1N. The highest BCUT2D eigenvalue weighted by Gasteiger charge is 2.01. The van der Waals surface area contributed by atoms with Crippen LogP contribution in [0, 0.1) is 6.92 Å². The molecule has 2 heteroatoms. The predicted octanol–water partition coefficient (Wildman–Crippen LogP) is 2.76. The fourth-order valence-electron chi connectivity index (χ4n) is 1.81. The van der Waals surface area contributed by atoms with Gasteiger partial charge in [-0.05, 0) is 42.5 Å². The Labute approximate surface area is 96.1 Å². The van der Waals surface area contributed by atoms with E-state index >= 15 is 0 Å². The third kappa shape index (κ3) is 2.40. The van der Waals surface area contributed by atoms with Crippen LogP contribution in [-0.2, 0) is 12.8 Å². The van der Waals surface area contributed by atoms with Crippen LogP contribution < -0.4 is 5.73 Å². The monoisotopic (exact) mass is 212 g/mol. The van der Waals surface area contributed by atoms with Crippen LogP contribution in [0.3, 0.4) is 0 Å². The van der Waals surface area contributed by atoms with Gasteiger partial charge in [-0.25, -0.2) is 0 Å². The first-order chi connectivity index (χ1) is 7.77. The largest absolute Gasteiger partial charge is 0.398 e. The fraction of sp³-hybridized carbons (Fsp3) is 0.214. The molecule has 0 bridgehead atoms. The summed E-state index contributed by atoms with van der Waals surface area (Å²) < 4.78 is 0. The fourth-order valence-corrected chi connectivity index (χ4v) is 1.81. The second-order valence-electron chi connectivity index (χ2n) is 4.00. The minimum Gasteiger partial charge on any atom is -0.398 e. The Morgan fingerprint density at radius 3 is 2.56 bits per heavy atom. The van der Waals surface area contributed by atoms with Gasteiger partial charge in [-0.2, -0.15) is 0 Å². The molecule has 1 heterocycles. The van der Waals surface area contributed by atoms with E-state index in [0.29, 0.717) is 0 Å². The number of hydrogen-bond acceptors (Lipinski definition) is 2. The lowest BCUT2D eigenvalue weighted by atomic mass is 10.0. The van der Waals surface area contributed by atoms with Gasteiger partial charge in [-0.15, -0.1) is 0 Å². The molecule has 2 rings (SSSR count). The van der Waals surface area contributed by atoms with Gasteiger partial charge in [0.15, 0.2) is 0 Å². The van der Waals surface area contributed by atoms with Gasteiger partial charge in [0, 0.05) is 18.1 Å². The second kappa shape index (κ2) is 4.79. The van der Waals surface area contributed by atoms with Crippen molar-refractivity contribution in [2.75, 3.05) is 5.73 Å². The molecule has 0 aliphatic carbocycles. The van der Waals surface area contributed by atoms with Crippen molar-refractivity contribution in [3.8, 4) is 0 Å². The summed E-state index contributed by atoms with van der Waals surface area (Å²) in [5.41, 5.74) is 10.6. The van der Waals surface area contributed by atoms with Gasteiger partial charge in [-0.1, -0.05) is 24.3 Å². The molecule has 2 N–H and O–H groups in total. The Kier molecular flexibility index (Phi) is 3.20. The summed E-state index contributed by atoms with van der Waals surface area (Å²) in [6.45, 7) is 2.14. The lowest BCUT2D eigenvalue weighted by Gasteiger charge is -2.07. The van der Waals surface area contributed by atoms with Gasteiger partial charge in [-0.3, -0.25) is 4.98 Å². The maximum Gasteiger partial charge on any atom is 0.0377 e. The van der Waals surface area contributed by atoms with Crippen molar-refractivity contribution in [3.05, 3.63) is 59.4 Å². The summed E-state index contributed by atoms with van der Waals surface area (Å²) in [6, 6.07) is 10.3. The predicted molar refractivity (Wildman–Crippen MR) is 67.2 cm³/mol. The van der Waals surface area contributed by atoms with Crippen LogP contribution in [0.15, 0.2) is 42.7 Å². The summed E-state index contributed by atoms with van der Waals surface area (Å²) in [5, 5.41) is 0. The van der Waals surface area contributed by atoms with E-state index in [9.17, 15) is 0 Å². The molecule has 0 atom stereocenters. The molecule has 0 spiro atoms. The number of anilines is 1. The Morgan fingerprint density at radius 2 is 1.81 bits per heavy atom. The highest BCUT2D eigenvalue weighted by atomic mass is 14.7. The Morgan fingerprint density at radius 1 is 1.06 bits per heavy atom. The van der Waals surface area contributed by atoms with E-state index in [4.69, 9.17) is 5.73 Å². The molecule has 0 radical (unpaired) electrons. The number of aryl methyl sites for hydroxylation is 3. The standard InChI is InChI=1S/C14H16N2/c1-11-4-2-3-5-12(11)6-7-13-10-16-9-8-14(13)15/h2-5,8-10H,6-7H2,1H3,(H2,15,16). The summed E-state index contributed by atoms with van der Waals surface area (Å²) >= 11 is 0. The van der Waals surface area contributed by atoms with Gasteiger partial charge in [0.05, 0.1) is 0 Å². The van der Waals surface area contributed by atoms with E-state index in [2.05, 4.69) is 36.2 Å². The zero-order chi connectivity index (χ0) is 11.4. The van der Waals surface area contributed by atoms with Gasteiger partial charge in [0.25, 0.3) is 0 Å². The van der Waals surface area contributed by atoms with Gasteiger partial charge < -0.3 is 5.73 Å². The molecule has 0 amide bonds. The molecule has 0 saturated carbocycles. The van der Waals surface area contributed by atoms with Crippen molar-refractivity contribution >= 4 is 5.69 Å². The molecule has 2 aromatic rings. The number of benzene rings is 1. The van der Waals surface area contributed by atoms with Crippen molar-refractivity contribution in [2.24, 2.45) is 0 Å². The second-order valence-corrected chi connectivity index (χ2v) is 4.00. The molecular weight excluding hydrogens is 196 g/mol. The van der Waals surface area contributed by atoms with E-state index in [1.807, 2.05) is 12.3 Å². The van der Waals surface area contributed by atoms with Crippen LogP contribution in [0.2, 0.25) is 0 Å². The molecule has 82 valence electrons. The third-order valence-electron chi connectivity index (χ3n) is 2.87. The number of pyridine rings is 1. The molecule has 16 heavy (non-hydrogen) atoms. The maximum absolute atomic E-state index is 5.88. The Bertz CT molecular complexity index is 432. The third-order valence-corrected chi connectivity index (χ3v) is 2.87. The van der Waals surface area contributed by atoms with E-state index in [0.717, 1.165) is 24.1 Å². The van der Waals surface area contributed by atoms with Crippen molar-refractivity contribution in [1.82, 2.24) is 4.98 Å². The first-order valence-electron chi connectivity index (χ1n) is 5.50. The normalized spacial score (nSPS) is 10.3. The van der Waals surface area contributed by atoms with Crippen molar-refractivity contribution < 1.29 is 0 Å². The maximum atomic E-state index is 5.88. The molecule has 1 aromatic carbocycles. The van der Waals surface area contributed by atoms with Gasteiger partial charge in [0.2, 0.25) is 0 Å². The van der Waals surface area contributed by atoms with E-state index < -0.39 is 0 Å². The smallest absolute Gasteiger partial charge is 0.0377 e. The first kappa shape index (κ1) is 10.7. The van der Waals surface area contributed by atoms with Crippen molar-refractivity contribution in [2.45, 2.75) is 19.8 Å². The highest BCUT2D eigenvalue weighted by Crippen LogP contribution is 2.14. The molecule has 0 unspecified atom stereocenters. The summed E-state index contributed by atoms with van der Waals surface area (Å²) in [5.74, 6) is 0. The van der Waals surface area contributed by atoms with E-state index in [1.165, 1.54) is 11.1 Å². The number of nitrogen functional groups attached to an aromatic ring is 1. The molecular formula is C14H16N2. The number of rotatable bonds is 3. The van der Waals surface area contributed by atoms with Crippen LogP contribution in [0.5, 0.6) is 0 Å². The van der Waals surface area contributed by atoms with Crippen LogP contribution in [-0.4, -0.2) is 4.98 Å². The van der Waals surface area contributed by atoms with Gasteiger partial charge in [0.1, 0.15) is 0 Å². The van der Waals surface area contributed by atoms with E-state index in [-0.39, 0.29) is 0 Å². The molecule has 0 aliphatic rings. The summed E-state index contributed by atoms with van der Waals surface area (Å²) in [7, 11) is 0. The number of aromatic nitrogens is 1. The number of nitrogens with zero attached hydrogens (tertiary/aromatic N) is 1. The van der Waals surface area contributed by atoms with Crippen LogP contribution in [0.4, 0.5) is 5.69 Å². The Balaban J connectivity index is 2.09. The molecule has 0 fully saturated rings. The van der Waals surface area contributed by atoms with Crippen molar-refractivity contribution in [1.29, 1.82) is 0 Å². The highest BCUT2D eigenvalue weighted by molar-refractivity contribution is 5.44. The van der Waals surface area contributed by atoms with Crippen molar-refractivity contribution in [3.63, 3.8) is 0 Å². The Hall–Kier alpha value is -1.83. The zero-order valence-electron chi connectivity index (χ0n) is 9.48. The average molecular weight is 212 g/mol. The van der Waals surface area contributed by atoms with Crippen LogP contribution in [0.1, 0.15) is 16.7 Å². The average Bonchev–Trinajstić information content (AvgIpc) is 2.30. The molecule has 0 saturated heterocycles. The lowest BCUT2D eigenvalue weighted by molar-refractivity contribution is 0.943.